The van der Waals surface area contributed by atoms with Gasteiger partial charge in [0.2, 0.25) is 11.8 Å². The van der Waals surface area contributed by atoms with Crippen LogP contribution in [-0.2, 0) is 30.0 Å². The summed E-state index contributed by atoms with van der Waals surface area (Å²) in [6, 6.07) is 0. The molecule has 3 fully saturated rings. The first-order chi connectivity index (χ1) is 8.36. The first-order valence-corrected chi connectivity index (χ1v) is 6.57. The van der Waals surface area contributed by atoms with E-state index in [4.69, 9.17) is 5.73 Å². The maximum absolute atomic E-state index is 12.2. The molecule has 2 unspecified atom stereocenters. The van der Waals surface area contributed by atoms with E-state index in [-0.39, 0.29) is 54.9 Å². The van der Waals surface area contributed by atoms with Crippen molar-refractivity contribution in [1.29, 1.82) is 0 Å². The summed E-state index contributed by atoms with van der Waals surface area (Å²) < 4.78 is 0. The van der Waals surface area contributed by atoms with E-state index in [0.29, 0.717) is 26.2 Å². The number of rotatable bonds is 2. The predicted molar refractivity (Wildman–Crippen MR) is 66.7 cm³/mol. The van der Waals surface area contributed by atoms with E-state index >= 15 is 0 Å². The van der Waals surface area contributed by atoms with E-state index in [1.807, 2.05) is 4.90 Å². The molecule has 1 saturated carbocycles. The summed E-state index contributed by atoms with van der Waals surface area (Å²) in [5, 5.41) is 4.31. The summed E-state index contributed by atoms with van der Waals surface area (Å²) >= 11 is 0. The Morgan fingerprint density at radius 3 is 2.32 bits per heavy atom. The minimum absolute atomic E-state index is 0. The molecule has 2 amide bonds. The Kier molecular flexibility index (Phi) is 3.58. The second-order valence-corrected chi connectivity index (χ2v) is 6.82. The molecule has 6 heteroatoms. The molecule has 5 nitrogen and oxygen atoms in total. The number of carbonyl (C=O) groups is 2. The summed E-state index contributed by atoms with van der Waals surface area (Å²) in [4.78, 5) is 25.5. The van der Waals surface area contributed by atoms with Crippen molar-refractivity contribution >= 4 is 11.8 Å². The van der Waals surface area contributed by atoms with Gasteiger partial charge in [0.1, 0.15) is 0 Å². The number of nitrogens with two attached hydrogens (primary N) is 1. The van der Waals surface area contributed by atoms with Crippen molar-refractivity contribution in [1.82, 2.24) is 4.90 Å². The Bertz CT molecular complexity index is 418. The molecule has 1 radical (unpaired) electrons. The topological polar surface area (TPSA) is 77.5 Å². The average molecular weight is 437 g/mol. The largest absolute Gasteiger partial charge is 0.661 e. The molecule has 1 spiro atoms. The normalized spacial score (nSPS) is 33.5. The molecule has 107 valence electrons. The zero-order valence-electron chi connectivity index (χ0n) is 11.4. The van der Waals surface area contributed by atoms with Gasteiger partial charge in [-0.2, -0.15) is 0 Å². The van der Waals surface area contributed by atoms with E-state index in [1.165, 1.54) is 0 Å². The van der Waals surface area contributed by atoms with E-state index in [2.05, 4.69) is 19.2 Å². The van der Waals surface area contributed by atoms with Crippen molar-refractivity contribution in [3.8, 4) is 0 Å². The Morgan fingerprint density at radius 2 is 1.84 bits per heavy atom. The summed E-state index contributed by atoms with van der Waals surface area (Å²) in [6.07, 6.45) is 0.985. The molecule has 2 N–H and O–H groups in total. The van der Waals surface area contributed by atoms with Gasteiger partial charge in [0.15, 0.2) is 0 Å². The van der Waals surface area contributed by atoms with Crippen molar-refractivity contribution in [3.63, 3.8) is 0 Å². The van der Waals surface area contributed by atoms with Crippen molar-refractivity contribution in [2.45, 2.75) is 20.3 Å². The number of nitrogens with zero attached hydrogens (tertiary/aromatic N) is 2. The summed E-state index contributed by atoms with van der Waals surface area (Å²) in [5.41, 5.74) is 5.45. The molecular formula is C13H20N3O2Re-. The molecule has 0 bridgehead atoms. The van der Waals surface area contributed by atoms with Crippen LogP contribution in [0, 0.1) is 22.7 Å². The Morgan fingerprint density at radius 1 is 1.26 bits per heavy atom. The van der Waals surface area contributed by atoms with Crippen LogP contribution in [0.4, 0.5) is 0 Å². The SMILES string of the molecule is CC1(C)CC1C(=O)N1CC2(C[N-]CC2C(N)=O)C1.[Re]. The van der Waals surface area contributed by atoms with Gasteiger partial charge < -0.3 is 16.0 Å². The standard InChI is InChI=1S/C13H20N3O2.Re/c1-12(2)3-8(12)11(18)16-6-13(7-16)5-15-4-9(13)10(14)17;/h8-9H,3-7H2,1-2H3,(H2,14,17);/q-1;. The second-order valence-electron chi connectivity index (χ2n) is 6.82. The van der Waals surface area contributed by atoms with Crippen LogP contribution in [0.1, 0.15) is 20.3 Å². The van der Waals surface area contributed by atoms with E-state index < -0.39 is 0 Å². The van der Waals surface area contributed by atoms with Crippen LogP contribution in [0.15, 0.2) is 0 Å². The molecular weight excluding hydrogens is 416 g/mol. The summed E-state index contributed by atoms with van der Waals surface area (Å²) in [5.74, 6) is -0.00942. The number of hydrogen-bond donors (Lipinski definition) is 1. The third-order valence-corrected chi connectivity index (χ3v) is 4.96. The Hall–Kier alpha value is -0.438. The van der Waals surface area contributed by atoms with Crippen LogP contribution in [0.3, 0.4) is 0 Å². The molecule has 3 aliphatic rings. The zero-order valence-corrected chi connectivity index (χ0v) is 14.1. The maximum Gasteiger partial charge on any atom is 0.226 e. The molecule has 0 aromatic rings. The fraction of sp³-hybridized carbons (Fsp3) is 0.846. The number of carbonyl (C=O) groups excluding carboxylic acids is 2. The fourth-order valence-corrected chi connectivity index (χ4v) is 3.41. The minimum atomic E-state index is -0.268. The van der Waals surface area contributed by atoms with Gasteiger partial charge in [0, 0.05) is 45.3 Å². The summed E-state index contributed by atoms with van der Waals surface area (Å²) in [6.45, 7) is 6.79. The first kappa shape index (κ1) is 15.0. The third-order valence-electron chi connectivity index (χ3n) is 4.96. The van der Waals surface area contributed by atoms with Gasteiger partial charge >= 0.3 is 0 Å². The number of likely N-dealkylation sites (tertiary alicyclic amines) is 1. The van der Waals surface area contributed by atoms with Crippen LogP contribution in [0.2, 0.25) is 0 Å². The van der Waals surface area contributed by atoms with Crippen LogP contribution < -0.4 is 5.73 Å². The summed E-state index contributed by atoms with van der Waals surface area (Å²) in [7, 11) is 0. The van der Waals surface area contributed by atoms with Gasteiger partial charge in [-0.1, -0.05) is 13.8 Å². The van der Waals surface area contributed by atoms with E-state index in [0.717, 1.165) is 6.42 Å². The van der Waals surface area contributed by atoms with Crippen LogP contribution >= 0.6 is 0 Å². The molecule has 1 aliphatic carbocycles. The zero-order chi connectivity index (χ0) is 13.1. The number of hydrogen-bond acceptors (Lipinski definition) is 2. The monoisotopic (exact) mass is 437 g/mol. The molecule has 0 aromatic carbocycles. The maximum atomic E-state index is 12.2. The van der Waals surface area contributed by atoms with Crippen LogP contribution in [0.5, 0.6) is 0 Å². The minimum Gasteiger partial charge on any atom is -0.661 e. The smallest absolute Gasteiger partial charge is 0.226 e. The molecule has 2 heterocycles. The van der Waals surface area contributed by atoms with Crippen LogP contribution in [-0.4, -0.2) is 42.9 Å². The van der Waals surface area contributed by atoms with Gasteiger partial charge in [-0.15, -0.1) is 13.1 Å². The Labute approximate surface area is 127 Å². The first-order valence-electron chi connectivity index (χ1n) is 6.57. The number of primary amides is 1. The van der Waals surface area contributed by atoms with E-state index in [1.54, 1.807) is 0 Å². The van der Waals surface area contributed by atoms with Gasteiger partial charge in [0.05, 0.1) is 0 Å². The van der Waals surface area contributed by atoms with Crippen LogP contribution in [0.25, 0.3) is 5.32 Å². The fourth-order valence-electron chi connectivity index (χ4n) is 3.41. The molecule has 19 heavy (non-hydrogen) atoms. The molecule has 2 aliphatic heterocycles. The Balaban J connectivity index is 0.00000133. The van der Waals surface area contributed by atoms with Crippen molar-refractivity contribution in [2.24, 2.45) is 28.4 Å². The molecule has 2 atom stereocenters. The average Bonchev–Trinajstić information content (AvgIpc) is 2.72. The van der Waals surface area contributed by atoms with E-state index in [9.17, 15) is 9.59 Å². The van der Waals surface area contributed by atoms with Gasteiger partial charge in [-0.05, 0) is 17.3 Å². The third kappa shape index (κ3) is 2.24. The van der Waals surface area contributed by atoms with Crippen molar-refractivity contribution < 1.29 is 30.0 Å². The van der Waals surface area contributed by atoms with Crippen molar-refractivity contribution in [3.05, 3.63) is 5.32 Å². The molecule has 3 rings (SSSR count). The molecule has 2 saturated heterocycles. The van der Waals surface area contributed by atoms with Crippen molar-refractivity contribution in [2.75, 3.05) is 26.2 Å². The predicted octanol–water partition coefficient (Wildman–Crippen LogP) is 0.347. The second kappa shape index (κ2) is 4.54. The quantitative estimate of drug-likeness (QED) is 0.678. The van der Waals surface area contributed by atoms with Gasteiger partial charge in [0.25, 0.3) is 0 Å². The van der Waals surface area contributed by atoms with Gasteiger partial charge in [-0.25, -0.2) is 0 Å². The molecule has 0 aromatic heterocycles. The number of amides is 2. The van der Waals surface area contributed by atoms with Gasteiger partial charge in [-0.3, -0.25) is 9.59 Å².